The number of methoxy groups -OCH3 is 1. The Kier molecular flexibility index (Phi) is 9.83. The zero-order valence-corrected chi connectivity index (χ0v) is 14.6. The third-order valence-electron chi connectivity index (χ3n) is 3.18. The number of esters is 1. The van der Waals surface area contributed by atoms with Gasteiger partial charge in [0.2, 0.25) is 0 Å². The Balaban J connectivity index is 3.75. The van der Waals surface area contributed by atoms with Gasteiger partial charge in [0.25, 0.3) is 0 Å². The SMILES string of the molecule is CCNC(C)(CCCCOCCOC(C)(C)C)C(=O)OC. The van der Waals surface area contributed by atoms with E-state index >= 15 is 0 Å². The predicted molar refractivity (Wildman–Crippen MR) is 84.5 cm³/mol. The van der Waals surface area contributed by atoms with Crippen LogP contribution in [0.2, 0.25) is 0 Å². The van der Waals surface area contributed by atoms with Crippen LogP contribution in [-0.4, -0.2) is 50.6 Å². The maximum absolute atomic E-state index is 11.8. The van der Waals surface area contributed by atoms with Crippen LogP contribution in [0.15, 0.2) is 0 Å². The smallest absolute Gasteiger partial charge is 0.325 e. The molecule has 5 heteroatoms. The molecule has 1 N–H and O–H groups in total. The Hall–Kier alpha value is -0.650. The summed E-state index contributed by atoms with van der Waals surface area (Å²) in [6, 6.07) is 0. The molecule has 21 heavy (non-hydrogen) atoms. The lowest BCUT2D eigenvalue weighted by molar-refractivity contribution is -0.148. The van der Waals surface area contributed by atoms with Gasteiger partial charge in [-0.05, 0) is 53.5 Å². The molecule has 1 atom stereocenters. The molecular weight excluding hydrogens is 270 g/mol. The molecule has 1 unspecified atom stereocenters. The predicted octanol–water partition coefficient (Wildman–Crippen LogP) is 2.53. The molecule has 0 radical (unpaired) electrons. The minimum absolute atomic E-state index is 0.114. The van der Waals surface area contributed by atoms with E-state index in [1.165, 1.54) is 7.11 Å². The van der Waals surface area contributed by atoms with E-state index in [0.29, 0.717) is 19.8 Å². The third-order valence-corrected chi connectivity index (χ3v) is 3.18. The summed E-state index contributed by atoms with van der Waals surface area (Å²) >= 11 is 0. The Labute approximate surface area is 129 Å². The van der Waals surface area contributed by atoms with Crippen molar-refractivity contribution in [2.45, 2.75) is 65.0 Å². The minimum Gasteiger partial charge on any atom is -0.468 e. The summed E-state index contributed by atoms with van der Waals surface area (Å²) in [6.45, 7) is 12.6. The monoisotopic (exact) mass is 303 g/mol. The Morgan fingerprint density at radius 3 is 2.24 bits per heavy atom. The van der Waals surface area contributed by atoms with Gasteiger partial charge in [-0.15, -0.1) is 0 Å². The van der Waals surface area contributed by atoms with E-state index in [9.17, 15) is 4.79 Å². The van der Waals surface area contributed by atoms with Crippen LogP contribution in [0.3, 0.4) is 0 Å². The first-order valence-corrected chi connectivity index (χ1v) is 7.80. The normalized spacial score (nSPS) is 14.8. The van der Waals surface area contributed by atoms with Crippen molar-refractivity contribution in [2.75, 3.05) is 33.5 Å². The van der Waals surface area contributed by atoms with Gasteiger partial charge in [0.05, 0.1) is 25.9 Å². The fourth-order valence-electron chi connectivity index (χ4n) is 2.07. The summed E-state index contributed by atoms with van der Waals surface area (Å²) in [5, 5.41) is 3.20. The van der Waals surface area contributed by atoms with Crippen molar-refractivity contribution >= 4 is 5.97 Å². The van der Waals surface area contributed by atoms with Crippen molar-refractivity contribution in [3.8, 4) is 0 Å². The number of rotatable bonds is 11. The number of unbranched alkanes of at least 4 members (excludes halogenated alkanes) is 1. The van der Waals surface area contributed by atoms with Crippen molar-refractivity contribution in [1.29, 1.82) is 0 Å². The molecule has 0 aromatic rings. The molecule has 0 saturated carbocycles. The highest BCUT2D eigenvalue weighted by molar-refractivity contribution is 5.80. The Bertz CT molecular complexity index is 288. The van der Waals surface area contributed by atoms with Crippen LogP contribution in [0, 0.1) is 0 Å². The number of carbonyl (C=O) groups excluding carboxylic acids is 1. The molecular formula is C16H33NO4. The summed E-state index contributed by atoms with van der Waals surface area (Å²) in [5.74, 6) is -0.205. The standard InChI is InChI=1S/C16H33NO4/c1-7-17-16(5,14(18)19-6)10-8-9-11-20-12-13-21-15(2,3)4/h17H,7-13H2,1-6H3. The summed E-state index contributed by atoms with van der Waals surface area (Å²) in [4.78, 5) is 11.8. The second-order valence-electron chi connectivity index (χ2n) is 6.38. The highest BCUT2D eigenvalue weighted by Crippen LogP contribution is 2.15. The van der Waals surface area contributed by atoms with Gasteiger partial charge in [-0.1, -0.05) is 6.92 Å². The summed E-state index contributed by atoms with van der Waals surface area (Å²) < 4.78 is 16.0. The van der Waals surface area contributed by atoms with Gasteiger partial charge in [-0.25, -0.2) is 0 Å². The van der Waals surface area contributed by atoms with Crippen molar-refractivity contribution in [3.05, 3.63) is 0 Å². The topological polar surface area (TPSA) is 56.8 Å². The first kappa shape index (κ1) is 20.3. The summed E-state index contributed by atoms with van der Waals surface area (Å²) in [6.07, 6.45) is 2.58. The van der Waals surface area contributed by atoms with Gasteiger partial charge in [0.1, 0.15) is 5.54 Å². The van der Waals surface area contributed by atoms with Crippen LogP contribution in [0.1, 0.15) is 53.9 Å². The number of nitrogens with one attached hydrogen (secondary N) is 1. The minimum atomic E-state index is -0.598. The van der Waals surface area contributed by atoms with Crippen LogP contribution in [0.5, 0.6) is 0 Å². The molecule has 126 valence electrons. The zero-order chi connectivity index (χ0) is 16.4. The molecule has 0 bridgehead atoms. The number of hydrogen-bond acceptors (Lipinski definition) is 5. The number of carbonyl (C=O) groups is 1. The van der Waals surface area contributed by atoms with Crippen LogP contribution < -0.4 is 5.32 Å². The first-order chi connectivity index (χ1) is 9.75. The molecule has 0 heterocycles. The van der Waals surface area contributed by atoms with E-state index in [1.807, 2.05) is 34.6 Å². The number of hydrogen-bond donors (Lipinski definition) is 1. The lowest BCUT2D eigenvalue weighted by Crippen LogP contribution is -2.50. The lowest BCUT2D eigenvalue weighted by Gasteiger charge is -2.27. The lowest BCUT2D eigenvalue weighted by atomic mass is 9.95. The highest BCUT2D eigenvalue weighted by atomic mass is 16.5. The van der Waals surface area contributed by atoms with Gasteiger partial charge in [0.15, 0.2) is 0 Å². The zero-order valence-electron chi connectivity index (χ0n) is 14.6. The highest BCUT2D eigenvalue weighted by Gasteiger charge is 2.32. The van der Waals surface area contributed by atoms with E-state index < -0.39 is 5.54 Å². The maximum Gasteiger partial charge on any atom is 0.325 e. The second-order valence-corrected chi connectivity index (χ2v) is 6.38. The van der Waals surface area contributed by atoms with Crippen LogP contribution in [0.25, 0.3) is 0 Å². The molecule has 0 aromatic heterocycles. The summed E-state index contributed by atoms with van der Waals surface area (Å²) in [5.41, 5.74) is -0.712. The Morgan fingerprint density at radius 1 is 1.05 bits per heavy atom. The fraction of sp³-hybridized carbons (Fsp3) is 0.938. The molecule has 0 aliphatic rings. The number of ether oxygens (including phenoxy) is 3. The fourth-order valence-corrected chi connectivity index (χ4v) is 2.07. The molecule has 0 aliphatic carbocycles. The van der Waals surface area contributed by atoms with Crippen LogP contribution in [0.4, 0.5) is 0 Å². The summed E-state index contributed by atoms with van der Waals surface area (Å²) in [7, 11) is 1.43. The first-order valence-electron chi connectivity index (χ1n) is 7.80. The molecule has 0 rings (SSSR count). The van der Waals surface area contributed by atoms with Gasteiger partial charge in [0, 0.05) is 6.61 Å². The number of likely N-dealkylation sites (N-methyl/N-ethyl adjacent to an activating group) is 1. The maximum atomic E-state index is 11.8. The van der Waals surface area contributed by atoms with E-state index in [4.69, 9.17) is 14.2 Å². The average molecular weight is 303 g/mol. The van der Waals surface area contributed by atoms with E-state index in [-0.39, 0.29) is 11.6 Å². The van der Waals surface area contributed by atoms with Crippen molar-refractivity contribution < 1.29 is 19.0 Å². The van der Waals surface area contributed by atoms with Crippen LogP contribution in [-0.2, 0) is 19.0 Å². The molecule has 5 nitrogen and oxygen atoms in total. The van der Waals surface area contributed by atoms with Gasteiger partial charge >= 0.3 is 5.97 Å². The second kappa shape index (κ2) is 10.1. The van der Waals surface area contributed by atoms with Crippen LogP contribution >= 0.6 is 0 Å². The van der Waals surface area contributed by atoms with Gasteiger partial charge < -0.3 is 19.5 Å². The van der Waals surface area contributed by atoms with Crippen molar-refractivity contribution in [1.82, 2.24) is 5.32 Å². The molecule has 0 spiro atoms. The van der Waals surface area contributed by atoms with E-state index in [2.05, 4.69) is 5.32 Å². The third kappa shape index (κ3) is 9.82. The molecule has 0 aliphatic heterocycles. The van der Waals surface area contributed by atoms with Gasteiger partial charge in [-0.2, -0.15) is 0 Å². The van der Waals surface area contributed by atoms with E-state index in [0.717, 1.165) is 25.8 Å². The molecule has 0 aromatic carbocycles. The van der Waals surface area contributed by atoms with Crippen molar-refractivity contribution in [2.24, 2.45) is 0 Å². The largest absolute Gasteiger partial charge is 0.468 e. The molecule has 0 fully saturated rings. The van der Waals surface area contributed by atoms with Crippen molar-refractivity contribution in [3.63, 3.8) is 0 Å². The molecule has 0 saturated heterocycles. The molecule has 0 amide bonds. The quantitative estimate of drug-likeness (QED) is 0.469. The Morgan fingerprint density at radius 2 is 1.71 bits per heavy atom. The average Bonchev–Trinajstić information content (AvgIpc) is 2.39. The van der Waals surface area contributed by atoms with Gasteiger partial charge in [-0.3, -0.25) is 4.79 Å². The van der Waals surface area contributed by atoms with E-state index in [1.54, 1.807) is 0 Å².